The molecular weight excluding hydrogens is 440 g/mol. The van der Waals surface area contributed by atoms with Gasteiger partial charge < -0.3 is 9.11 Å². The van der Waals surface area contributed by atoms with E-state index in [4.69, 9.17) is 0 Å². The van der Waals surface area contributed by atoms with Crippen LogP contribution in [0.1, 0.15) is 5.56 Å². The average molecular weight is 454 g/mol. The van der Waals surface area contributed by atoms with Gasteiger partial charge in [-0.2, -0.15) is 16.2 Å². The van der Waals surface area contributed by atoms with Gasteiger partial charge in [-0.05, 0) is 18.2 Å². The topological polar surface area (TPSA) is 212 Å². The quantitative estimate of drug-likeness (QED) is 0.119. The highest BCUT2D eigenvalue weighted by molar-refractivity contribution is 7.86. The summed E-state index contributed by atoms with van der Waals surface area (Å²) in [6.45, 7) is 0. The zero-order valence-electron chi connectivity index (χ0n) is 14.8. The second-order valence-electron chi connectivity index (χ2n) is 5.64. The Morgan fingerprint density at radius 3 is 2.20 bits per heavy atom. The molecule has 0 unspecified atom stereocenters. The molecule has 0 aromatic heterocycles. The Labute approximate surface area is 170 Å². The van der Waals surface area contributed by atoms with Crippen LogP contribution in [0, 0.1) is 0 Å². The number of nitrogens with one attached hydrogen (secondary N) is 5. The molecule has 1 heterocycles. The number of nitrogens with zero attached hydrogens (tertiary/aromatic N) is 3. The SMILES string of the molecule is O=S(=O)([O-])c1ccc(N/N=C(/N=NC2NNNN2)c2ccccc2)c(S(=O)(=O)[O-])c1. The van der Waals surface area contributed by atoms with Gasteiger partial charge in [-0.25, -0.2) is 27.7 Å². The molecule has 2 aromatic rings. The van der Waals surface area contributed by atoms with E-state index in [1.54, 1.807) is 30.3 Å². The van der Waals surface area contributed by atoms with Crippen LogP contribution in [0.4, 0.5) is 5.69 Å². The molecule has 0 atom stereocenters. The van der Waals surface area contributed by atoms with E-state index in [1.807, 2.05) is 0 Å². The van der Waals surface area contributed by atoms with E-state index in [1.165, 1.54) is 0 Å². The molecule has 1 fully saturated rings. The molecule has 0 spiro atoms. The lowest BCUT2D eigenvalue weighted by Gasteiger charge is -2.15. The minimum absolute atomic E-state index is 0.0147. The Morgan fingerprint density at radius 2 is 1.60 bits per heavy atom. The van der Waals surface area contributed by atoms with Crippen molar-refractivity contribution in [3.63, 3.8) is 0 Å². The maximum absolute atomic E-state index is 11.5. The van der Waals surface area contributed by atoms with Crippen molar-refractivity contribution < 1.29 is 25.9 Å². The lowest BCUT2D eigenvalue weighted by Crippen LogP contribution is -2.33. The van der Waals surface area contributed by atoms with Crippen LogP contribution in [-0.2, 0) is 20.2 Å². The molecule has 0 bridgehead atoms. The summed E-state index contributed by atoms with van der Waals surface area (Å²) in [5, 5.41) is 11.9. The third kappa shape index (κ3) is 5.62. The predicted molar refractivity (Wildman–Crippen MR) is 100 cm³/mol. The van der Waals surface area contributed by atoms with E-state index in [2.05, 4.69) is 42.7 Å². The standard InChI is InChI=1S/C14H16N8O6S2/c23-29(24,25)10-6-7-11(12(8-10)30(26,27)28)15-16-13(9-4-2-1-3-5-9)17-18-14-19-21-22-20-14/h1-8,14-15,19-22H,(H,23,24,25)(H,26,27,28)/p-2/b16-13+,18-17?. The zero-order valence-corrected chi connectivity index (χ0v) is 16.4. The molecule has 1 aliphatic rings. The van der Waals surface area contributed by atoms with Gasteiger partial charge in [0, 0.05) is 5.56 Å². The summed E-state index contributed by atoms with van der Waals surface area (Å²) in [6, 6.07) is 10.7. The van der Waals surface area contributed by atoms with Crippen LogP contribution in [0.15, 0.2) is 73.7 Å². The average Bonchev–Trinajstić information content (AvgIpc) is 3.21. The lowest BCUT2D eigenvalue weighted by molar-refractivity contribution is 0.461. The summed E-state index contributed by atoms with van der Waals surface area (Å²) in [6.07, 6.45) is -0.641. The fourth-order valence-electron chi connectivity index (χ4n) is 2.22. The van der Waals surface area contributed by atoms with E-state index < -0.39 is 36.3 Å². The van der Waals surface area contributed by atoms with Crippen LogP contribution < -0.4 is 27.3 Å². The van der Waals surface area contributed by atoms with Gasteiger partial charge in [-0.15, -0.1) is 10.2 Å². The minimum Gasteiger partial charge on any atom is -0.744 e. The smallest absolute Gasteiger partial charge is 0.201 e. The number of benzene rings is 2. The van der Waals surface area contributed by atoms with Gasteiger partial charge in [0.25, 0.3) is 0 Å². The summed E-state index contributed by atoms with van der Waals surface area (Å²) >= 11 is 0. The number of hydrazine groups is 3. The van der Waals surface area contributed by atoms with Crippen LogP contribution >= 0.6 is 0 Å². The molecule has 160 valence electrons. The number of hydrogen-bond acceptors (Lipinski definition) is 13. The number of anilines is 1. The molecule has 3 rings (SSSR count). The number of amidine groups is 1. The largest absolute Gasteiger partial charge is 0.744 e. The van der Waals surface area contributed by atoms with Crippen molar-refractivity contribution in [3.8, 4) is 0 Å². The summed E-state index contributed by atoms with van der Waals surface area (Å²) in [4.78, 5) is -1.83. The molecule has 1 saturated heterocycles. The molecule has 0 aliphatic carbocycles. The van der Waals surface area contributed by atoms with Crippen LogP contribution in [0.3, 0.4) is 0 Å². The first-order valence-corrected chi connectivity index (χ1v) is 10.8. The predicted octanol–water partition coefficient (Wildman–Crippen LogP) is -0.879. The molecule has 14 nitrogen and oxygen atoms in total. The third-order valence-electron chi connectivity index (χ3n) is 3.57. The van der Waals surface area contributed by atoms with E-state index in [0.717, 1.165) is 12.1 Å². The molecule has 30 heavy (non-hydrogen) atoms. The first kappa shape index (κ1) is 21.9. The van der Waals surface area contributed by atoms with E-state index in [-0.39, 0.29) is 11.5 Å². The molecule has 0 amide bonds. The number of azo groups is 1. The third-order valence-corrected chi connectivity index (χ3v) is 5.28. The van der Waals surface area contributed by atoms with Gasteiger partial charge in [0.15, 0.2) is 0 Å². The van der Waals surface area contributed by atoms with E-state index in [9.17, 15) is 25.9 Å². The monoisotopic (exact) mass is 454 g/mol. The summed E-state index contributed by atoms with van der Waals surface area (Å²) in [5.74, 6) is 0.0147. The molecule has 16 heteroatoms. The first-order valence-electron chi connectivity index (χ1n) is 8.01. The van der Waals surface area contributed by atoms with Crippen LogP contribution in [0.2, 0.25) is 0 Å². The van der Waals surface area contributed by atoms with Crippen molar-refractivity contribution in [2.45, 2.75) is 16.1 Å². The Hall–Kier alpha value is -2.83. The molecule has 0 radical (unpaired) electrons. The maximum Gasteiger partial charge on any atom is 0.201 e. The van der Waals surface area contributed by atoms with Crippen molar-refractivity contribution >= 4 is 31.8 Å². The Balaban J connectivity index is 1.98. The summed E-state index contributed by atoms with van der Waals surface area (Å²) in [5.41, 5.74) is 12.9. The Morgan fingerprint density at radius 1 is 0.933 bits per heavy atom. The van der Waals surface area contributed by atoms with Crippen molar-refractivity contribution in [2.75, 3.05) is 5.43 Å². The van der Waals surface area contributed by atoms with Gasteiger partial charge >= 0.3 is 0 Å². The summed E-state index contributed by atoms with van der Waals surface area (Å²) in [7, 11) is -10.1. The minimum atomic E-state index is -5.13. The molecule has 5 N–H and O–H groups in total. The Kier molecular flexibility index (Phi) is 6.48. The number of hydrazone groups is 1. The number of hydrogen-bond donors (Lipinski definition) is 5. The highest BCUT2D eigenvalue weighted by Crippen LogP contribution is 2.25. The second-order valence-corrected chi connectivity index (χ2v) is 8.36. The van der Waals surface area contributed by atoms with Crippen LogP contribution in [0.25, 0.3) is 0 Å². The first-order chi connectivity index (χ1) is 14.1. The highest BCUT2D eigenvalue weighted by atomic mass is 32.2. The van der Waals surface area contributed by atoms with E-state index >= 15 is 0 Å². The van der Waals surface area contributed by atoms with Crippen molar-refractivity contribution in [3.05, 3.63) is 54.1 Å². The number of rotatable bonds is 6. The van der Waals surface area contributed by atoms with Crippen molar-refractivity contribution in [2.24, 2.45) is 15.3 Å². The zero-order chi connectivity index (χ0) is 21.8. The molecular formula is C14H14N8O6S2-2. The molecule has 0 saturated carbocycles. The van der Waals surface area contributed by atoms with Crippen molar-refractivity contribution in [1.82, 2.24) is 21.9 Å². The maximum atomic E-state index is 11.5. The van der Waals surface area contributed by atoms with Crippen LogP contribution in [0.5, 0.6) is 0 Å². The fourth-order valence-corrected chi connectivity index (χ4v) is 3.44. The van der Waals surface area contributed by atoms with Gasteiger partial charge in [-0.1, -0.05) is 30.3 Å². The van der Waals surface area contributed by atoms with Gasteiger partial charge in [0.1, 0.15) is 20.2 Å². The van der Waals surface area contributed by atoms with Crippen LogP contribution in [-0.4, -0.2) is 38.1 Å². The second kappa shape index (κ2) is 8.90. The van der Waals surface area contributed by atoms with E-state index in [0.29, 0.717) is 11.6 Å². The van der Waals surface area contributed by atoms with Gasteiger partial charge in [0.05, 0.1) is 15.5 Å². The lowest BCUT2D eigenvalue weighted by atomic mass is 10.2. The molecule has 1 aliphatic heterocycles. The Bertz CT molecular complexity index is 1180. The summed E-state index contributed by atoms with van der Waals surface area (Å²) < 4.78 is 68.0. The van der Waals surface area contributed by atoms with Gasteiger partial charge in [-0.3, -0.25) is 5.43 Å². The van der Waals surface area contributed by atoms with Crippen molar-refractivity contribution in [1.29, 1.82) is 0 Å². The normalized spacial score (nSPS) is 16.3. The fraction of sp³-hybridized carbons (Fsp3) is 0.0714. The molecule has 2 aromatic carbocycles. The van der Waals surface area contributed by atoms with Gasteiger partial charge in [0.2, 0.25) is 12.1 Å². The highest BCUT2D eigenvalue weighted by Gasteiger charge is 2.14.